The molecule has 3 aromatic rings. The van der Waals surface area contributed by atoms with Gasteiger partial charge in [0.25, 0.3) is 0 Å². The first-order valence-corrected chi connectivity index (χ1v) is 12.5. The summed E-state index contributed by atoms with van der Waals surface area (Å²) in [7, 11) is 1.67. The molecule has 2 saturated heterocycles. The first-order valence-electron chi connectivity index (χ1n) is 11.7. The number of likely N-dealkylation sites (tertiary alicyclic amines) is 1. The van der Waals surface area contributed by atoms with Gasteiger partial charge in [-0.1, -0.05) is 59.6 Å². The van der Waals surface area contributed by atoms with Gasteiger partial charge in [-0.15, -0.1) is 0 Å². The molecule has 2 fully saturated rings. The summed E-state index contributed by atoms with van der Waals surface area (Å²) < 4.78 is 11.7. The van der Waals surface area contributed by atoms with E-state index in [1.165, 1.54) is 5.56 Å². The molecule has 1 aromatic heterocycles. The molecule has 0 bridgehead atoms. The molecule has 3 aliphatic rings. The number of aryl methyl sites for hydroxylation is 1. The number of aromatic nitrogens is 1. The lowest BCUT2D eigenvalue weighted by molar-refractivity contribution is -0.179. The number of carbonyl (C=O) groups excluding carboxylic acids is 1. The fraction of sp³-hybridized carbons (Fsp3) is 0.333. The van der Waals surface area contributed by atoms with Crippen molar-refractivity contribution in [3.8, 4) is 28.3 Å². The van der Waals surface area contributed by atoms with Crippen LogP contribution in [0.3, 0.4) is 0 Å². The van der Waals surface area contributed by atoms with Crippen LogP contribution in [0.2, 0.25) is 10.0 Å². The van der Waals surface area contributed by atoms with E-state index in [1.54, 1.807) is 7.11 Å². The maximum atomic E-state index is 11.5. The SMILES string of the molecule is COc1nc(-c2cccc(-c3ccccc3Cl)c2Cl)cc2c1C(N1CC3(CNC(=O)CO3)C1)CC2. The Labute approximate surface area is 214 Å². The molecule has 6 nitrogen and oxygen atoms in total. The minimum Gasteiger partial charge on any atom is -0.481 e. The molecule has 2 aromatic carbocycles. The Kier molecular flexibility index (Phi) is 5.72. The summed E-state index contributed by atoms with van der Waals surface area (Å²) in [5.74, 6) is 0.592. The van der Waals surface area contributed by atoms with Crippen molar-refractivity contribution < 1.29 is 14.3 Å². The van der Waals surface area contributed by atoms with Gasteiger partial charge in [-0.25, -0.2) is 4.98 Å². The zero-order valence-electron chi connectivity index (χ0n) is 19.3. The number of ether oxygens (including phenoxy) is 2. The lowest BCUT2D eigenvalue weighted by Crippen LogP contribution is -2.70. The van der Waals surface area contributed by atoms with E-state index in [4.69, 9.17) is 37.7 Å². The van der Waals surface area contributed by atoms with E-state index >= 15 is 0 Å². The van der Waals surface area contributed by atoms with Crippen molar-refractivity contribution in [2.24, 2.45) is 0 Å². The van der Waals surface area contributed by atoms with E-state index in [2.05, 4.69) is 16.3 Å². The lowest BCUT2D eigenvalue weighted by Gasteiger charge is -2.53. The standard InChI is InChI=1S/C27H25Cl2N3O3/c1-34-26-24-16(9-10-22(24)32-14-27(15-32)13-30-23(33)12-35-27)11-21(31-26)19-7-4-6-18(25(19)29)17-5-2-3-8-20(17)28/h2-8,11,22H,9-10,12-15H2,1H3,(H,30,33). The molecule has 1 atom stereocenters. The summed E-state index contributed by atoms with van der Waals surface area (Å²) >= 11 is 13.4. The largest absolute Gasteiger partial charge is 0.481 e. The maximum Gasteiger partial charge on any atom is 0.246 e. The number of carbonyl (C=O) groups is 1. The zero-order chi connectivity index (χ0) is 24.2. The van der Waals surface area contributed by atoms with Crippen molar-refractivity contribution >= 4 is 29.1 Å². The molecule has 0 saturated carbocycles. The summed E-state index contributed by atoms with van der Waals surface area (Å²) in [5, 5.41) is 4.20. The third-order valence-electron chi connectivity index (χ3n) is 7.30. The van der Waals surface area contributed by atoms with Crippen molar-refractivity contribution in [2.45, 2.75) is 24.5 Å². The van der Waals surface area contributed by atoms with Crippen LogP contribution < -0.4 is 10.1 Å². The molecule has 1 N–H and O–H groups in total. The van der Waals surface area contributed by atoms with Gasteiger partial charge in [0.2, 0.25) is 11.8 Å². The molecular weight excluding hydrogens is 485 g/mol. The van der Waals surface area contributed by atoms with E-state index in [0.717, 1.165) is 53.9 Å². The minimum atomic E-state index is -0.274. The summed E-state index contributed by atoms with van der Waals surface area (Å²) in [6, 6.07) is 16.0. The third-order valence-corrected chi connectivity index (χ3v) is 8.04. The smallest absolute Gasteiger partial charge is 0.246 e. The number of morpholine rings is 1. The second-order valence-electron chi connectivity index (χ2n) is 9.44. The number of hydrogen-bond donors (Lipinski definition) is 1. The van der Waals surface area contributed by atoms with Gasteiger partial charge in [-0.3, -0.25) is 9.69 Å². The molecule has 1 unspecified atom stereocenters. The molecule has 3 heterocycles. The van der Waals surface area contributed by atoms with Crippen LogP contribution in [-0.4, -0.2) is 54.7 Å². The molecule has 35 heavy (non-hydrogen) atoms. The Hall–Kier alpha value is -2.64. The van der Waals surface area contributed by atoms with Crippen molar-refractivity contribution in [1.29, 1.82) is 0 Å². The van der Waals surface area contributed by atoms with Crippen LogP contribution in [0.4, 0.5) is 0 Å². The van der Waals surface area contributed by atoms with E-state index in [1.807, 2.05) is 42.5 Å². The maximum absolute atomic E-state index is 11.5. The topological polar surface area (TPSA) is 63.7 Å². The minimum absolute atomic E-state index is 0.0454. The first-order chi connectivity index (χ1) is 17.0. The molecule has 6 rings (SSSR count). The Balaban J connectivity index is 1.31. The van der Waals surface area contributed by atoms with Gasteiger partial charge < -0.3 is 14.8 Å². The van der Waals surface area contributed by atoms with Gasteiger partial charge in [0.15, 0.2) is 0 Å². The number of rotatable bonds is 4. The average molecular weight is 510 g/mol. The summed E-state index contributed by atoms with van der Waals surface area (Å²) in [6.07, 6.45) is 1.93. The van der Waals surface area contributed by atoms with Gasteiger partial charge in [-0.2, -0.15) is 0 Å². The molecule has 1 amide bonds. The Morgan fingerprint density at radius 3 is 2.63 bits per heavy atom. The number of fused-ring (bicyclic) bond motifs is 1. The fourth-order valence-corrected chi connectivity index (χ4v) is 6.12. The number of nitrogens with zero attached hydrogens (tertiary/aromatic N) is 2. The lowest BCUT2D eigenvalue weighted by atomic mass is 9.89. The highest BCUT2D eigenvalue weighted by molar-refractivity contribution is 6.38. The number of methoxy groups -OCH3 is 1. The van der Waals surface area contributed by atoms with E-state index in [9.17, 15) is 4.79 Å². The molecule has 180 valence electrons. The highest BCUT2D eigenvalue weighted by atomic mass is 35.5. The highest BCUT2D eigenvalue weighted by Gasteiger charge is 2.50. The Morgan fingerprint density at radius 1 is 1.11 bits per heavy atom. The highest BCUT2D eigenvalue weighted by Crippen LogP contribution is 2.47. The summed E-state index contributed by atoms with van der Waals surface area (Å²) in [6.45, 7) is 2.27. The molecule has 1 aliphatic carbocycles. The van der Waals surface area contributed by atoms with Gasteiger partial charge in [-0.05, 0) is 30.5 Å². The van der Waals surface area contributed by atoms with Gasteiger partial charge in [0, 0.05) is 53.0 Å². The summed E-state index contributed by atoms with van der Waals surface area (Å²) in [4.78, 5) is 18.8. The average Bonchev–Trinajstić information content (AvgIpc) is 3.27. The van der Waals surface area contributed by atoms with Crippen LogP contribution in [0.15, 0.2) is 48.5 Å². The predicted octanol–water partition coefficient (Wildman–Crippen LogP) is 4.92. The van der Waals surface area contributed by atoms with Crippen molar-refractivity contribution in [2.75, 3.05) is 33.4 Å². The van der Waals surface area contributed by atoms with Gasteiger partial charge >= 0.3 is 0 Å². The normalized spacial score (nSPS) is 20.9. The van der Waals surface area contributed by atoms with Crippen LogP contribution in [0.25, 0.3) is 22.4 Å². The molecular formula is C27H25Cl2N3O3. The summed E-state index contributed by atoms with van der Waals surface area (Å²) in [5.41, 5.74) is 5.51. The second-order valence-corrected chi connectivity index (χ2v) is 10.2. The van der Waals surface area contributed by atoms with Gasteiger partial charge in [0.1, 0.15) is 12.2 Å². The van der Waals surface area contributed by atoms with Crippen molar-refractivity contribution in [3.63, 3.8) is 0 Å². The quantitative estimate of drug-likeness (QED) is 0.540. The number of pyridine rings is 1. The molecule has 0 radical (unpaired) electrons. The molecule has 8 heteroatoms. The number of benzene rings is 2. The fourth-order valence-electron chi connectivity index (χ4n) is 5.56. The number of nitrogens with one attached hydrogen (secondary N) is 1. The van der Waals surface area contributed by atoms with E-state index in [0.29, 0.717) is 22.5 Å². The second kappa shape index (κ2) is 8.79. The third kappa shape index (κ3) is 3.89. The van der Waals surface area contributed by atoms with Crippen LogP contribution in [0.5, 0.6) is 5.88 Å². The Bertz CT molecular complexity index is 1310. The number of halogens is 2. The first kappa shape index (κ1) is 22.8. The predicted molar refractivity (Wildman–Crippen MR) is 136 cm³/mol. The Morgan fingerprint density at radius 2 is 1.89 bits per heavy atom. The van der Waals surface area contributed by atoms with E-state index in [-0.39, 0.29) is 24.2 Å². The zero-order valence-corrected chi connectivity index (χ0v) is 20.8. The molecule has 1 spiro atoms. The van der Waals surface area contributed by atoms with Crippen molar-refractivity contribution in [3.05, 3.63) is 69.7 Å². The van der Waals surface area contributed by atoms with Crippen LogP contribution in [0, 0.1) is 0 Å². The van der Waals surface area contributed by atoms with Crippen molar-refractivity contribution in [1.82, 2.24) is 15.2 Å². The van der Waals surface area contributed by atoms with Gasteiger partial charge in [0.05, 0.1) is 17.8 Å². The van der Waals surface area contributed by atoms with E-state index < -0.39 is 0 Å². The number of hydrogen-bond acceptors (Lipinski definition) is 5. The van der Waals surface area contributed by atoms with Crippen LogP contribution in [-0.2, 0) is 16.0 Å². The number of amides is 1. The monoisotopic (exact) mass is 509 g/mol. The van der Waals surface area contributed by atoms with Crippen LogP contribution in [0.1, 0.15) is 23.6 Å². The molecule has 2 aliphatic heterocycles. The van der Waals surface area contributed by atoms with Crippen LogP contribution >= 0.6 is 23.2 Å².